The second-order valence-corrected chi connectivity index (χ2v) is 6.89. The van der Waals surface area contributed by atoms with Crippen LogP contribution in [0.25, 0.3) is 0 Å². The molecule has 1 saturated carbocycles. The average molecular weight is 376 g/mol. The predicted molar refractivity (Wildman–Crippen MR) is 95.7 cm³/mol. The van der Waals surface area contributed by atoms with E-state index >= 15 is 0 Å². The molecule has 142 valence electrons. The number of amides is 2. The maximum atomic E-state index is 13.7. The first-order chi connectivity index (χ1) is 12.8. The molecule has 27 heavy (non-hydrogen) atoms. The number of rotatable bonds is 5. The number of anilines is 2. The molecule has 4 nitrogen and oxygen atoms in total. The second-order valence-electron chi connectivity index (χ2n) is 6.89. The maximum Gasteiger partial charge on any atom is 0.228 e. The SMILES string of the molecule is CC(C)c1ccccc1NC(=O)C1CC1C(=O)Nc1ccc(F)c(F)c1F. The Balaban J connectivity index is 1.63. The zero-order chi connectivity index (χ0) is 19.7. The summed E-state index contributed by atoms with van der Waals surface area (Å²) in [5.74, 6) is -6.30. The Hall–Kier alpha value is -2.83. The fourth-order valence-corrected chi connectivity index (χ4v) is 2.96. The van der Waals surface area contributed by atoms with Crippen LogP contribution in [-0.4, -0.2) is 11.8 Å². The standard InChI is InChI=1S/C20H19F3N2O2/c1-10(2)11-5-3-4-6-15(11)24-19(26)12-9-13(12)20(27)25-16-8-7-14(21)17(22)18(16)23/h3-8,10,12-13H,9H2,1-2H3,(H,24,26)(H,25,27). The topological polar surface area (TPSA) is 58.2 Å². The van der Waals surface area contributed by atoms with Crippen LogP contribution in [0.5, 0.6) is 0 Å². The minimum Gasteiger partial charge on any atom is -0.326 e. The van der Waals surface area contributed by atoms with E-state index in [0.717, 1.165) is 17.7 Å². The Bertz CT molecular complexity index is 899. The molecule has 2 unspecified atom stereocenters. The van der Waals surface area contributed by atoms with Crippen LogP contribution in [0, 0.1) is 29.3 Å². The molecule has 0 bridgehead atoms. The molecular formula is C20H19F3N2O2. The molecule has 0 radical (unpaired) electrons. The largest absolute Gasteiger partial charge is 0.326 e. The number of halogens is 3. The lowest BCUT2D eigenvalue weighted by atomic mass is 10.0. The predicted octanol–water partition coefficient (Wildman–Crippen LogP) is 4.44. The van der Waals surface area contributed by atoms with Crippen LogP contribution in [-0.2, 0) is 9.59 Å². The van der Waals surface area contributed by atoms with Gasteiger partial charge in [-0.05, 0) is 36.1 Å². The van der Waals surface area contributed by atoms with Gasteiger partial charge in [0.15, 0.2) is 17.5 Å². The van der Waals surface area contributed by atoms with Crippen molar-refractivity contribution >= 4 is 23.2 Å². The van der Waals surface area contributed by atoms with Gasteiger partial charge in [0.05, 0.1) is 17.5 Å². The van der Waals surface area contributed by atoms with Crippen LogP contribution < -0.4 is 10.6 Å². The van der Waals surface area contributed by atoms with E-state index in [-0.39, 0.29) is 11.8 Å². The molecule has 2 amide bonds. The van der Waals surface area contributed by atoms with E-state index in [2.05, 4.69) is 10.6 Å². The Morgan fingerprint density at radius 1 is 0.889 bits per heavy atom. The van der Waals surface area contributed by atoms with Gasteiger partial charge in [0, 0.05) is 5.69 Å². The zero-order valence-corrected chi connectivity index (χ0v) is 14.9. The van der Waals surface area contributed by atoms with Crippen molar-refractivity contribution in [1.82, 2.24) is 0 Å². The normalized spacial score (nSPS) is 18.3. The number of hydrogen-bond donors (Lipinski definition) is 2. The zero-order valence-electron chi connectivity index (χ0n) is 14.9. The van der Waals surface area contributed by atoms with Gasteiger partial charge in [-0.3, -0.25) is 9.59 Å². The van der Waals surface area contributed by atoms with Gasteiger partial charge in [-0.15, -0.1) is 0 Å². The van der Waals surface area contributed by atoms with Crippen LogP contribution in [0.3, 0.4) is 0 Å². The lowest BCUT2D eigenvalue weighted by Crippen LogP contribution is -2.21. The summed E-state index contributed by atoms with van der Waals surface area (Å²) in [6.45, 7) is 4.02. The summed E-state index contributed by atoms with van der Waals surface area (Å²) < 4.78 is 39.9. The number of benzene rings is 2. The van der Waals surface area contributed by atoms with Crippen LogP contribution >= 0.6 is 0 Å². The van der Waals surface area contributed by atoms with Gasteiger partial charge in [-0.2, -0.15) is 0 Å². The Labute approximate surface area is 154 Å². The van der Waals surface area contributed by atoms with E-state index in [9.17, 15) is 22.8 Å². The molecule has 0 aromatic heterocycles. The van der Waals surface area contributed by atoms with Crippen LogP contribution in [0.1, 0.15) is 31.7 Å². The fraction of sp³-hybridized carbons (Fsp3) is 0.300. The van der Waals surface area contributed by atoms with Gasteiger partial charge < -0.3 is 10.6 Å². The maximum absolute atomic E-state index is 13.7. The molecule has 2 atom stereocenters. The molecule has 1 aliphatic rings. The van der Waals surface area contributed by atoms with E-state index in [1.807, 2.05) is 32.0 Å². The van der Waals surface area contributed by atoms with Gasteiger partial charge in [-0.1, -0.05) is 32.0 Å². The lowest BCUT2D eigenvalue weighted by Gasteiger charge is -2.13. The highest BCUT2D eigenvalue weighted by atomic mass is 19.2. The van der Waals surface area contributed by atoms with Crippen molar-refractivity contribution in [2.24, 2.45) is 11.8 Å². The minimum atomic E-state index is -1.65. The second kappa shape index (κ2) is 7.42. The van der Waals surface area contributed by atoms with Gasteiger partial charge >= 0.3 is 0 Å². The molecule has 0 saturated heterocycles. The van der Waals surface area contributed by atoms with Crippen LogP contribution in [0.4, 0.5) is 24.5 Å². The van der Waals surface area contributed by atoms with Gasteiger partial charge in [0.1, 0.15) is 0 Å². The summed E-state index contributed by atoms with van der Waals surface area (Å²) in [5.41, 5.74) is 1.22. The van der Waals surface area contributed by atoms with E-state index in [1.54, 1.807) is 6.07 Å². The molecule has 2 aromatic rings. The molecule has 2 N–H and O–H groups in total. The third kappa shape index (κ3) is 3.97. The summed E-state index contributed by atoms with van der Waals surface area (Å²) in [5, 5.41) is 5.05. The minimum absolute atomic E-state index is 0.219. The number of carbonyl (C=O) groups is 2. The molecule has 0 aliphatic heterocycles. The Kier molecular flexibility index (Phi) is 5.21. The van der Waals surface area contributed by atoms with Crippen LogP contribution in [0.15, 0.2) is 36.4 Å². The Morgan fingerprint density at radius 2 is 1.48 bits per heavy atom. The van der Waals surface area contributed by atoms with Crippen molar-refractivity contribution in [3.8, 4) is 0 Å². The summed E-state index contributed by atoms with van der Waals surface area (Å²) in [6, 6.07) is 9.08. The average Bonchev–Trinajstić information content (AvgIpc) is 3.43. The molecule has 3 rings (SSSR count). The first kappa shape index (κ1) is 18.9. The number of carbonyl (C=O) groups excluding carboxylic acids is 2. The highest BCUT2D eigenvalue weighted by Gasteiger charge is 2.48. The monoisotopic (exact) mass is 376 g/mol. The van der Waals surface area contributed by atoms with E-state index in [1.165, 1.54) is 0 Å². The molecule has 7 heteroatoms. The van der Waals surface area contributed by atoms with E-state index in [0.29, 0.717) is 12.1 Å². The lowest BCUT2D eigenvalue weighted by molar-refractivity contribution is -0.122. The fourth-order valence-electron chi connectivity index (χ4n) is 2.96. The van der Waals surface area contributed by atoms with E-state index < -0.39 is 40.9 Å². The van der Waals surface area contributed by atoms with Gasteiger partial charge in [0.2, 0.25) is 11.8 Å². The molecule has 1 fully saturated rings. The first-order valence-electron chi connectivity index (χ1n) is 8.63. The third-order valence-electron chi connectivity index (χ3n) is 4.60. The smallest absolute Gasteiger partial charge is 0.228 e. The summed E-state index contributed by atoms with van der Waals surface area (Å²) in [7, 11) is 0. The first-order valence-corrected chi connectivity index (χ1v) is 8.63. The number of hydrogen-bond acceptors (Lipinski definition) is 2. The van der Waals surface area contributed by atoms with Crippen molar-refractivity contribution in [2.75, 3.05) is 10.6 Å². The third-order valence-corrected chi connectivity index (χ3v) is 4.60. The quantitative estimate of drug-likeness (QED) is 0.758. The Morgan fingerprint density at radius 3 is 2.11 bits per heavy atom. The highest BCUT2D eigenvalue weighted by Crippen LogP contribution is 2.41. The summed E-state index contributed by atoms with van der Waals surface area (Å²) in [6.07, 6.45) is 0.312. The summed E-state index contributed by atoms with van der Waals surface area (Å²) >= 11 is 0. The van der Waals surface area contributed by atoms with E-state index in [4.69, 9.17) is 0 Å². The molecule has 2 aromatic carbocycles. The molecule has 0 heterocycles. The number of para-hydroxylation sites is 1. The van der Waals surface area contributed by atoms with Crippen LogP contribution in [0.2, 0.25) is 0 Å². The summed E-state index contributed by atoms with van der Waals surface area (Å²) in [4.78, 5) is 24.6. The molecule has 1 aliphatic carbocycles. The molecular weight excluding hydrogens is 357 g/mol. The van der Waals surface area contributed by atoms with Crippen molar-refractivity contribution in [1.29, 1.82) is 0 Å². The van der Waals surface area contributed by atoms with Gasteiger partial charge in [-0.25, -0.2) is 13.2 Å². The molecule has 0 spiro atoms. The highest BCUT2D eigenvalue weighted by molar-refractivity contribution is 6.03. The number of nitrogens with one attached hydrogen (secondary N) is 2. The van der Waals surface area contributed by atoms with Crippen molar-refractivity contribution in [2.45, 2.75) is 26.2 Å². The van der Waals surface area contributed by atoms with Crippen molar-refractivity contribution in [3.63, 3.8) is 0 Å². The van der Waals surface area contributed by atoms with Crippen molar-refractivity contribution < 1.29 is 22.8 Å². The van der Waals surface area contributed by atoms with Crippen molar-refractivity contribution in [3.05, 3.63) is 59.4 Å². The van der Waals surface area contributed by atoms with Gasteiger partial charge in [0.25, 0.3) is 0 Å².